The molecule has 8 nitrogen and oxygen atoms in total. The summed E-state index contributed by atoms with van der Waals surface area (Å²) in [6.45, 7) is 6.78. The molecule has 1 aliphatic heterocycles. The summed E-state index contributed by atoms with van der Waals surface area (Å²) in [6, 6.07) is 7.39. The highest BCUT2D eigenvalue weighted by Crippen LogP contribution is 2.35. The molecule has 1 amide bonds. The summed E-state index contributed by atoms with van der Waals surface area (Å²) in [7, 11) is 0. The Morgan fingerprint density at radius 2 is 2.13 bits per heavy atom. The number of carbonyl (C=O) groups excluding carboxylic acids is 1. The Bertz CT molecular complexity index is 1300. The predicted octanol–water partition coefficient (Wildman–Crippen LogP) is 3.65. The second-order valence-corrected chi connectivity index (χ2v) is 8.40. The zero-order chi connectivity index (χ0) is 21.9. The summed E-state index contributed by atoms with van der Waals surface area (Å²) in [5.41, 5.74) is 2.94. The van der Waals surface area contributed by atoms with Crippen LogP contribution in [0.3, 0.4) is 0 Å². The maximum Gasteiger partial charge on any atom is 0.292 e. The van der Waals surface area contributed by atoms with Crippen molar-refractivity contribution in [2.24, 2.45) is 0 Å². The number of halogens is 1. The molecule has 5 heterocycles. The number of aromatic amines is 1. The summed E-state index contributed by atoms with van der Waals surface area (Å²) in [4.78, 5) is 27.0. The van der Waals surface area contributed by atoms with Crippen LogP contribution in [0.15, 0.2) is 35.0 Å². The van der Waals surface area contributed by atoms with Crippen LogP contribution in [0, 0.1) is 13.8 Å². The molecule has 1 N–H and O–H groups in total. The van der Waals surface area contributed by atoms with Gasteiger partial charge in [-0.3, -0.25) is 4.79 Å². The van der Waals surface area contributed by atoms with Crippen molar-refractivity contribution in [3.05, 3.63) is 70.7 Å². The number of amides is 1. The highest BCUT2D eigenvalue weighted by Gasteiger charge is 2.39. The van der Waals surface area contributed by atoms with Gasteiger partial charge in [0.05, 0.1) is 28.9 Å². The number of rotatable bonds is 3. The van der Waals surface area contributed by atoms with Gasteiger partial charge >= 0.3 is 0 Å². The van der Waals surface area contributed by atoms with Gasteiger partial charge in [0.1, 0.15) is 6.04 Å². The first-order valence-electron chi connectivity index (χ1n) is 10.2. The van der Waals surface area contributed by atoms with Gasteiger partial charge in [0, 0.05) is 24.4 Å². The monoisotopic (exact) mass is 422 g/mol. The standard InChI is InChI=1S/C22H23FN6O2/c1-12-6-5-7-14-10-16(27-29(12)14)18-17-15(24-11-25-17)8-9-28(18)20(30)19-13(2)26-21(31-19)22(3,4)23/h5-7,10-11,18H,8-9H2,1-4H3,(H,24,25)/t18-/m0/s1. The number of H-pyrrole nitrogens is 1. The number of nitrogens with zero attached hydrogens (tertiary/aromatic N) is 5. The van der Waals surface area contributed by atoms with E-state index < -0.39 is 11.7 Å². The first kappa shape index (κ1) is 19.5. The highest BCUT2D eigenvalue weighted by atomic mass is 19.1. The van der Waals surface area contributed by atoms with E-state index in [1.807, 2.05) is 35.7 Å². The first-order chi connectivity index (χ1) is 14.7. The number of aryl methyl sites for hydroxylation is 2. The Morgan fingerprint density at radius 1 is 1.32 bits per heavy atom. The number of carbonyl (C=O) groups is 1. The van der Waals surface area contributed by atoms with E-state index >= 15 is 0 Å². The summed E-state index contributed by atoms with van der Waals surface area (Å²) < 4.78 is 21.8. The Balaban J connectivity index is 1.61. The number of nitrogens with one attached hydrogen (secondary N) is 1. The van der Waals surface area contributed by atoms with Crippen LogP contribution in [0.5, 0.6) is 0 Å². The highest BCUT2D eigenvalue weighted by molar-refractivity contribution is 5.93. The summed E-state index contributed by atoms with van der Waals surface area (Å²) in [5.74, 6) is -0.414. The van der Waals surface area contributed by atoms with Gasteiger partial charge in [0.15, 0.2) is 5.67 Å². The van der Waals surface area contributed by atoms with Crippen LogP contribution in [0.4, 0.5) is 4.39 Å². The second-order valence-electron chi connectivity index (χ2n) is 8.40. The SMILES string of the molecule is Cc1nc(C(C)(C)F)oc1C(=O)N1CCc2[nH]cnc2[C@@H]1c1cc2cccc(C)n2n1. The molecule has 9 heteroatoms. The average molecular weight is 422 g/mol. The van der Waals surface area contributed by atoms with E-state index in [0.29, 0.717) is 24.4 Å². The Kier molecular flexibility index (Phi) is 4.25. The van der Waals surface area contributed by atoms with Crippen LogP contribution in [-0.4, -0.2) is 41.9 Å². The Hall–Kier alpha value is -3.49. The third kappa shape index (κ3) is 3.11. The molecule has 0 spiro atoms. The molecule has 4 aromatic rings. The van der Waals surface area contributed by atoms with E-state index in [0.717, 1.165) is 22.6 Å². The van der Waals surface area contributed by atoms with Gasteiger partial charge in [-0.1, -0.05) is 6.07 Å². The molecular weight excluding hydrogens is 399 g/mol. The van der Waals surface area contributed by atoms with E-state index in [-0.39, 0.29) is 17.6 Å². The molecule has 0 saturated carbocycles. The van der Waals surface area contributed by atoms with E-state index in [4.69, 9.17) is 9.52 Å². The predicted molar refractivity (Wildman–Crippen MR) is 110 cm³/mol. The lowest BCUT2D eigenvalue weighted by atomic mass is 9.99. The number of oxazole rings is 1. The smallest absolute Gasteiger partial charge is 0.292 e. The molecule has 0 radical (unpaired) electrons. The third-order valence-electron chi connectivity index (χ3n) is 5.66. The molecule has 160 valence electrons. The van der Waals surface area contributed by atoms with Crippen LogP contribution < -0.4 is 0 Å². The van der Waals surface area contributed by atoms with Crippen molar-refractivity contribution in [2.45, 2.75) is 45.8 Å². The minimum Gasteiger partial charge on any atom is -0.432 e. The number of fused-ring (bicyclic) bond motifs is 2. The lowest BCUT2D eigenvalue weighted by molar-refractivity contribution is 0.0642. The largest absolute Gasteiger partial charge is 0.432 e. The fraction of sp³-hybridized carbons (Fsp3) is 0.364. The van der Waals surface area contributed by atoms with Crippen molar-refractivity contribution in [3.8, 4) is 0 Å². The number of imidazole rings is 1. The molecular formula is C22H23FN6O2. The Labute approximate surface area is 178 Å². The topological polar surface area (TPSA) is 92.3 Å². The normalized spacial score (nSPS) is 16.7. The minimum atomic E-state index is -1.78. The minimum absolute atomic E-state index is 0.0460. The molecule has 5 rings (SSSR count). The van der Waals surface area contributed by atoms with E-state index in [1.165, 1.54) is 13.8 Å². The van der Waals surface area contributed by atoms with Gasteiger partial charge in [-0.2, -0.15) is 5.10 Å². The van der Waals surface area contributed by atoms with E-state index in [1.54, 1.807) is 18.2 Å². The number of hydrogen-bond acceptors (Lipinski definition) is 5. The number of aromatic nitrogens is 5. The van der Waals surface area contributed by atoms with Crippen LogP contribution in [-0.2, 0) is 12.1 Å². The van der Waals surface area contributed by atoms with Crippen LogP contribution in [0.25, 0.3) is 5.52 Å². The van der Waals surface area contributed by atoms with Gasteiger partial charge in [-0.25, -0.2) is 18.9 Å². The molecule has 0 unspecified atom stereocenters. The molecule has 1 atom stereocenters. The number of pyridine rings is 1. The number of alkyl halides is 1. The second kappa shape index (κ2) is 6.76. The van der Waals surface area contributed by atoms with Crippen LogP contribution >= 0.6 is 0 Å². The summed E-state index contributed by atoms with van der Waals surface area (Å²) in [5, 5.41) is 4.77. The van der Waals surface area contributed by atoms with Crippen molar-refractivity contribution < 1.29 is 13.6 Å². The molecule has 0 fully saturated rings. The van der Waals surface area contributed by atoms with Crippen molar-refractivity contribution >= 4 is 11.4 Å². The lowest BCUT2D eigenvalue weighted by Gasteiger charge is -2.33. The van der Waals surface area contributed by atoms with Crippen molar-refractivity contribution in [1.29, 1.82) is 0 Å². The van der Waals surface area contributed by atoms with Gasteiger partial charge in [0.2, 0.25) is 11.7 Å². The molecule has 4 aromatic heterocycles. The Morgan fingerprint density at radius 3 is 2.84 bits per heavy atom. The quantitative estimate of drug-likeness (QED) is 0.544. The zero-order valence-electron chi connectivity index (χ0n) is 17.8. The number of hydrogen-bond donors (Lipinski definition) is 1. The van der Waals surface area contributed by atoms with Crippen LogP contribution in [0.1, 0.15) is 64.8 Å². The molecule has 1 aliphatic rings. The van der Waals surface area contributed by atoms with Gasteiger partial charge in [0.25, 0.3) is 5.91 Å². The van der Waals surface area contributed by atoms with E-state index in [9.17, 15) is 9.18 Å². The first-order valence-corrected chi connectivity index (χ1v) is 10.2. The summed E-state index contributed by atoms with van der Waals surface area (Å²) in [6.07, 6.45) is 2.26. The molecule has 0 bridgehead atoms. The van der Waals surface area contributed by atoms with Crippen molar-refractivity contribution in [2.75, 3.05) is 6.54 Å². The molecule has 0 saturated heterocycles. The van der Waals surface area contributed by atoms with Crippen LogP contribution in [0.2, 0.25) is 0 Å². The molecule has 31 heavy (non-hydrogen) atoms. The molecule has 0 aliphatic carbocycles. The average Bonchev–Trinajstić information content (AvgIpc) is 3.44. The van der Waals surface area contributed by atoms with Gasteiger partial charge in [-0.05, 0) is 45.9 Å². The fourth-order valence-electron chi connectivity index (χ4n) is 4.08. The van der Waals surface area contributed by atoms with Crippen molar-refractivity contribution in [3.63, 3.8) is 0 Å². The third-order valence-corrected chi connectivity index (χ3v) is 5.66. The molecule has 0 aromatic carbocycles. The van der Waals surface area contributed by atoms with Gasteiger partial charge in [-0.15, -0.1) is 0 Å². The van der Waals surface area contributed by atoms with Gasteiger partial charge < -0.3 is 14.3 Å². The van der Waals surface area contributed by atoms with E-state index in [2.05, 4.69) is 15.0 Å². The lowest BCUT2D eigenvalue weighted by Crippen LogP contribution is -2.41. The maximum atomic E-state index is 14.4. The maximum absolute atomic E-state index is 14.4. The fourth-order valence-corrected chi connectivity index (χ4v) is 4.08. The summed E-state index contributed by atoms with van der Waals surface area (Å²) >= 11 is 0. The van der Waals surface area contributed by atoms with Crippen molar-refractivity contribution in [1.82, 2.24) is 29.5 Å². The zero-order valence-corrected chi connectivity index (χ0v) is 17.8.